The molecule has 2 amide bonds. The van der Waals surface area contributed by atoms with E-state index in [2.05, 4.69) is 36.5 Å². The first-order valence-corrected chi connectivity index (χ1v) is 7.55. The summed E-state index contributed by atoms with van der Waals surface area (Å²) in [6.07, 6.45) is 0. The van der Waals surface area contributed by atoms with Gasteiger partial charge >= 0.3 is 6.03 Å². The summed E-state index contributed by atoms with van der Waals surface area (Å²) in [7, 11) is 0. The maximum absolute atomic E-state index is 12.8. The standard InChI is InChI=1S/C17H19N3O/c1-12-16-11-18-9-10-19(16)17(21)20(12)15-8-4-6-13-5-2-3-7-14(13)15/h2-8,12,16,18H,9-11H2,1H3. The summed E-state index contributed by atoms with van der Waals surface area (Å²) >= 11 is 0. The molecule has 2 aliphatic heterocycles. The molecule has 0 aromatic heterocycles. The van der Waals surface area contributed by atoms with Gasteiger partial charge in [0.2, 0.25) is 0 Å². The predicted octanol–water partition coefficient (Wildman–Crippen LogP) is 2.44. The van der Waals surface area contributed by atoms with Crippen LogP contribution in [0.5, 0.6) is 0 Å². The van der Waals surface area contributed by atoms with Gasteiger partial charge in [0, 0.05) is 25.0 Å². The molecule has 2 unspecified atom stereocenters. The SMILES string of the molecule is CC1C2CNCCN2C(=O)N1c1cccc2ccccc12. The van der Waals surface area contributed by atoms with E-state index in [9.17, 15) is 4.79 Å². The molecule has 2 saturated heterocycles. The molecule has 0 aliphatic carbocycles. The molecule has 2 fully saturated rings. The lowest BCUT2D eigenvalue weighted by atomic mass is 10.1. The summed E-state index contributed by atoms with van der Waals surface area (Å²) in [5, 5.41) is 5.72. The Kier molecular flexibility index (Phi) is 2.86. The highest BCUT2D eigenvalue weighted by atomic mass is 16.2. The Labute approximate surface area is 124 Å². The molecule has 4 heteroatoms. The minimum Gasteiger partial charge on any atom is -0.317 e. The first kappa shape index (κ1) is 12.7. The van der Waals surface area contributed by atoms with Gasteiger partial charge in [0.1, 0.15) is 0 Å². The highest BCUT2D eigenvalue weighted by Gasteiger charge is 2.45. The average Bonchev–Trinajstić information content (AvgIpc) is 2.79. The van der Waals surface area contributed by atoms with Gasteiger partial charge in [-0.15, -0.1) is 0 Å². The van der Waals surface area contributed by atoms with Gasteiger partial charge in [0.25, 0.3) is 0 Å². The van der Waals surface area contributed by atoms with Crippen molar-refractivity contribution in [1.82, 2.24) is 10.2 Å². The Bertz CT molecular complexity index is 694. The number of hydrogen-bond acceptors (Lipinski definition) is 2. The van der Waals surface area contributed by atoms with Crippen molar-refractivity contribution >= 4 is 22.5 Å². The lowest BCUT2D eigenvalue weighted by Crippen LogP contribution is -2.51. The molecule has 2 heterocycles. The van der Waals surface area contributed by atoms with E-state index in [1.807, 2.05) is 28.0 Å². The van der Waals surface area contributed by atoms with Crippen LogP contribution in [0.15, 0.2) is 42.5 Å². The minimum absolute atomic E-state index is 0.144. The Balaban J connectivity index is 1.83. The largest absolute Gasteiger partial charge is 0.325 e. The van der Waals surface area contributed by atoms with Crippen molar-refractivity contribution in [2.75, 3.05) is 24.5 Å². The second kappa shape index (κ2) is 4.74. The molecule has 2 atom stereocenters. The number of fused-ring (bicyclic) bond motifs is 2. The quantitative estimate of drug-likeness (QED) is 0.871. The van der Waals surface area contributed by atoms with E-state index >= 15 is 0 Å². The zero-order valence-electron chi connectivity index (χ0n) is 12.1. The van der Waals surface area contributed by atoms with E-state index in [1.165, 1.54) is 5.39 Å². The molecule has 0 bridgehead atoms. The fourth-order valence-electron chi connectivity index (χ4n) is 3.62. The Morgan fingerprint density at radius 2 is 1.95 bits per heavy atom. The van der Waals surface area contributed by atoms with Crippen LogP contribution in [0.1, 0.15) is 6.92 Å². The van der Waals surface area contributed by atoms with Crippen LogP contribution in [0.3, 0.4) is 0 Å². The number of benzene rings is 2. The van der Waals surface area contributed by atoms with Crippen LogP contribution in [0, 0.1) is 0 Å². The summed E-state index contributed by atoms with van der Waals surface area (Å²) in [6.45, 7) is 4.72. The number of amides is 2. The maximum Gasteiger partial charge on any atom is 0.325 e. The fourth-order valence-corrected chi connectivity index (χ4v) is 3.62. The smallest absolute Gasteiger partial charge is 0.317 e. The van der Waals surface area contributed by atoms with E-state index in [0.29, 0.717) is 0 Å². The number of carbonyl (C=O) groups is 1. The van der Waals surface area contributed by atoms with Gasteiger partial charge in [-0.2, -0.15) is 0 Å². The first-order valence-electron chi connectivity index (χ1n) is 7.55. The van der Waals surface area contributed by atoms with Crippen molar-refractivity contribution in [3.63, 3.8) is 0 Å². The molecule has 0 radical (unpaired) electrons. The molecule has 0 saturated carbocycles. The molecule has 2 aliphatic rings. The Morgan fingerprint density at radius 1 is 1.14 bits per heavy atom. The third-order valence-electron chi connectivity index (χ3n) is 4.73. The van der Waals surface area contributed by atoms with Crippen LogP contribution < -0.4 is 10.2 Å². The molecule has 21 heavy (non-hydrogen) atoms. The monoisotopic (exact) mass is 281 g/mol. The van der Waals surface area contributed by atoms with Gasteiger partial charge in [0.15, 0.2) is 0 Å². The number of urea groups is 1. The second-order valence-corrected chi connectivity index (χ2v) is 5.86. The van der Waals surface area contributed by atoms with Gasteiger partial charge in [-0.25, -0.2) is 4.79 Å². The molecule has 2 aromatic rings. The van der Waals surface area contributed by atoms with Crippen LogP contribution in [0.4, 0.5) is 10.5 Å². The molecule has 108 valence electrons. The molecular formula is C17H19N3O. The first-order chi connectivity index (χ1) is 10.3. The highest BCUT2D eigenvalue weighted by Crippen LogP contribution is 2.34. The van der Waals surface area contributed by atoms with Crippen molar-refractivity contribution in [2.45, 2.75) is 19.0 Å². The lowest BCUT2D eigenvalue weighted by Gasteiger charge is -2.30. The van der Waals surface area contributed by atoms with Crippen LogP contribution in [0.2, 0.25) is 0 Å². The third kappa shape index (κ3) is 1.83. The van der Waals surface area contributed by atoms with E-state index in [-0.39, 0.29) is 18.1 Å². The molecule has 2 aromatic carbocycles. The molecule has 1 N–H and O–H groups in total. The summed E-state index contributed by atoms with van der Waals surface area (Å²) in [4.78, 5) is 16.8. The predicted molar refractivity (Wildman–Crippen MR) is 84.6 cm³/mol. The normalized spacial score (nSPS) is 25.5. The van der Waals surface area contributed by atoms with E-state index in [0.717, 1.165) is 30.7 Å². The van der Waals surface area contributed by atoms with Gasteiger partial charge in [-0.1, -0.05) is 36.4 Å². The third-order valence-corrected chi connectivity index (χ3v) is 4.73. The van der Waals surface area contributed by atoms with Crippen molar-refractivity contribution in [3.05, 3.63) is 42.5 Å². The number of anilines is 1. The number of rotatable bonds is 1. The zero-order chi connectivity index (χ0) is 14.4. The van der Waals surface area contributed by atoms with Gasteiger partial charge < -0.3 is 10.2 Å². The maximum atomic E-state index is 12.8. The Morgan fingerprint density at radius 3 is 2.81 bits per heavy atom. The summed E-state index contributed by atoms with van der Waals surface area (Å²) < 4.78 is 0. The average molecular weight is 281 g/mol. The topological polar surface area (TPSA) is 35.6 Å². The number of carbonyl (C=O) groups excluding carboxylic acids is 1. The molecule has 4 nitrogen and oxygen atoms in total. The minimum atomic E-state index is 0.144. The van der Waals surface area contributed by atoms with Crippen LogP contribution in [-0.2, 0) is 0 Å². The number of nitrogens with zero attached hydrogens (tertiary/aromatic N) is 2. The lowest BCUT2D eigenvalue weighted by molar-refractivity contribution is 0.188. The summed E-state index contributed by atoms with van der Waals surface area (Å²) in [6, 6.07) is 15.1. The fraction of sp³-hybridized carbons (Fsp3) is 0.353. The summed E-state index contributed by atoms with van der Waals surface area (Å²) in [5.74, 6) is 0. The van der Waals surface area contributed by atoms with Crippen molar-refractivity contribution in [3.8, 4) is 0 Å². The second-order valence-electron chi connectivity index (χ2n) is 5.86. The van der Waals surface area contributed by atoms with Crippen LogP contribution >= 0.6 is 0 Å². The highest BCUT2D eigenvalue weighted by molar-refractivity contribution is 6.05. The van der Waals surface area contributed by atoms with E-state index in [4.69, 9.17) is 0 Å². The van der Waals surface area contributed by atoms with Crippen molar-refractivity contribution in [2.24, 2.45) is 0 Å². The van der Waals surface area contributed by atoms with Crippen LogP contribution in [-0.4, -0.2) is 42.6 Å². The van der Waals surface area contributed by atoms with Crippen LogP contribution in [0.25, 0.3) is 10.8 Å². The molecular weight excluding hydrogens is 262 g/mol. The Hall–Kier alpha value is -2.07. The van der Waals surface area contributed by atoms with Gasteiger partial charge in [-0.05, 0) is 18.4 Å². The van der Waals surface area contributed by atoms with Gasteiger partial charge in [-0.3, -0.25) is 4.90 Å². The van der Waals surface area contributed by atoms with Gasteiger partial charge in [0.05, 0.1) is 17.8 Å². The molecule has 4 rings (SSSR count). The molecule has 0 spiro atoms. The number of nitrogens with one attached hydrogen (secondary N) is 1. The zero-order valence-corrected chi connectivity index (χ0v) is 12.1. The van der Waals surface area contributed by atoms with E-state index in [1.54, 1.807) is 0 Å². The van der Waals surface area contributed by atoms with Crippen molar-refractivity contribution in [1.29, 1.82) is 0 Å². The number of hydrogen-bond donors (Lipinski definition) is 1. The van der Waals surface area contributed by atoms with Crippen molar-refractivity contribution < 1.29 is 4.79 Å². The number of piperazine rings is 1. The summed E-state index contributed by atoms with van der Waals surface area (Å²) in [5.41, 5.74) is 1.03. The van der Waals surface area contributed by atoms with E-state index < -0.39 is 0 Å².